The van der Waals surface area contributed by atoms with Gasteiger partial charge in [0.1, 0.15) is 5.69 Å². The van der Waals surface area contributed by atoms with Crippen molar-refractivity contribution >= 4 is 17.6 Å². The van der Waals surface area contributed by atoms with Crippen LogP contribution in [0.2, 0.25) is 5.02 Å². The Morgan fingerprint density at radius 1 is 1.62 bits per heavy atom. The number of ether oxygens (including phenoxy) is 1. The van der Waals surface area contributed by atoms with E-state index < -0.39 is 5.97 Å². The average molecular weight is 241 g/mol. The minimum absolute atomic E-state index is 0.0729. The maximum atomic E-state index is 11.2. The van der Waals surface area contributed by atoms with Gasteiger partial charge in [0.25, 0.3) is 0 Å². The third-order valence-electron chi connectivity index (χ3n) is 2.13. The first-order valence-electron chi connectivity index (χ1n) is 4.49. The van der Waals surface area contributed by atoms with E-state index in [1.807, 2.05) is 0 Å². The molecule has 0 saturated carbocycles. The molecule has 6 heteroatoms. The second-order valence-corrected chi connectivity index (χ2v) is 3.53. The number of nitrogens with zero attached hydrogens (tertiary/aromatic N) is 2. The van der Waals surface area contributed by atoms with Crippen LogP contribution < -0.4 is 0 Å². The molecule has 84 valence electrons. The van der Waals surface area contributed by atoms with Gasteiger partial charge in [-0.2, -0.15) is 5.10 Å². The van der Waals surface area contributed by atoms with Gasteiger partial charge >= 0.3 is 5.97 Å². The number of carbonyl (C=O) groups is 1. The van der Waals surface area contributed by atoms with Crippen molar-refractivity contribution in [2.24, 2.45) is 7.05 Å². The lowest BCUT2D eigenvalue weighted by Gasteiger charge is -1.98. The first kappa shape index (κ1) is 10.8. The number of hydrogen-bond acceptors (Lipinski definition) is 4. The molecule has 0 atom stereocenters. The maximum Gasteiger partial charge on any atom is 0.374 e. The predicted molar refractivity (Wildman–Crippen MR) is 57.3 cm³/mol. The van der Waals surface area contributed by atoms with Crippen LogP contribution in [0.15, 0.2) is 22.7 Å². The molecule has 2 rings (SSSR count). The van der Waals surface area contributed by atoms with Gasteiger partial charge in [-0.3, -0.25) is 4.68 Å². The summed E-state index contributed by atoms with van der Waals surface area (Å²) in [7, 11) is 3.04. The average Bonchev–Trinajstić information content (AvgIpc) is 2.83. The van der Waals surface area contributed by atoms with Crippen LogP contribution in [0.4, 0.5) is 0 Å². The van der Waals surface area contributed by atoms with Gasteiger partial charge in [-0.25, -0.2) is 4.79 Å². The van der Waals surface area contributed by atoms with Crippen LogP contribution >= 0.6 is 11.6 Å². The molecule has 0 aliphatic heterocycles. The van der Waals surface area contributed by atoms with E-state index in [0.717, 1.165) is 0 Å². The lowest BCUT2D eigenvalue weighted by atomic mass is 10.3. The van der Waals surface area contributed by atoms with E-state index in [1.54, 1.807) is 24.0 Å². The minimum atomic E-state index is -0.560. The van der Waals surface area contributed by atoms with Crippen molar-refractivity contribution in [3.63, 3.8) is 0 Å². The topological polar surface area (TPSA) is 57.3 Å². The molecule has 2 aromatic heterocycles. The quantitative estimate of drug-likeness (QED) is 0.755. The number of rotatable bonds is 2. The van der Waals surface area contributed by atoms with Gasteiger partial charge in [0.05, 0.1) is 12.1 Å². The Hall–Kier alpha value is -1.75. The lowest BCUT2D eigenvalue weighted by molar-refractivity contribution is 0.0566. The molecule has 0 amide bonds. The Morgan fingerprint density at radius 3 is 2.94 bits per heavy atom. The highest BCUT2D eigenvalue weighted by Gasteiger charge is 2.18. The second-order valence-electron chi connectivity index (χ2n) is 3.12. The Morgan fingerprint density at radius 2 is 2.38 bits per heavy atom. The molecule has 0 fully saturated rings. The summed E-state index contributed by atoms with van der Waals surface area (Å²) >= 11 is 5.97. The normalized spacial score (nSPS) is 10.4. The largest absolute Gasteiger partial charge is 0.463 e. The van der Waals surface area contributed by atoms with Crippen LogP contribution in [0, 0.1) is 0 Å². The fraction of sp³-hybridized carbons (Fsp3) is 0.200. The van der Waals surface area contributed by atoms with Crippen LogP contribution in [-0.2, 0) is 11.8 Å². The van der Waals surface area contributed by atoms with Gasteiger partial charge < -0.3 is 9.15 Å². The monoisotopic (exact) mass is 240 g/mol. The molecular weight excluding hydrogens is 232 g/mol. The van der Waals surface area contributed by atoms with Crippen molar-refractivity contribution in [1.29, 1.82) is 0 Å². The number of methoxy groups -OCH3 is 1. The van der Waals surface area contributed by atoms with Crippen molar-refractivity contribution in [1.82, 2.24) is 9.78 Å². The molecule has 0 aliphatic carbocycles. The molecule has 0 spiro atoms. The van der Waals surface area contributed by atoms with Crippen LogP contribution in [0.25, 0.3) is 11.5 Å². The number of aryl methyl sites for hydroxylation is 1. The zero-order valence-electron chi connectivity index (χ0n) is 8.73. The zero-order chi connectivity index (χ0) is 11.7. The zero-order valence-corrected chi connectivity index (χ0v) is 9.49. The first-order valence-corrected chi connectivity index (χ1v) is 4.87. The van der Waals surface area contributed by atoms with Gasteiger partial charge in [0, 0.05) is 19.3 Å². The van der Waals surface area contributed by atoms with Gasteiger partial charge in [0.15, 0.2) is 5.76 Å². The van der Waals surface area contributed by atoms with E-state index in [2.05, 4.69) is 9.84 Å². The van der Waals surface area contributed by atoms with Crippen molar-refractivity contribution < 1.29 is 13.9 Å². The molecular formula is C10H9ClN2O3. The molecule has 0 aromatic carbocycles. The number of halogens is 1. The van der Waals surface area contributed by atoms with E-state index in [9.17, 15) is 4.79 Å². The summed E-state index contributed by atoms with van der Waals surface area (Å²) in [5, 5.41) is 4.34. The molecule has 2 heterocycles. The molecule has 5 nitrogen and oxygen atoms in total. The van der Waals surface area contributed by atoms with Crippen LogP contribution in [0.1, 0.15) is 10.6 Å². The molecule has 0 radical (unpaired) electrons. The Bertz CT molecular complexity index is 530. The third-order valence-corrected chi connectivity index (χ3v) is 2.41. The van der Waals surface area contributed by atoms with Gasteiger partial charge in [-0.05, 0) is 6.07 Å². The molecule has 0 saturated heterocycles. The highest BCUT2D eigenvalue weighted by molar-refractivity contribution is 6.33. The second kappa shape index (κ2) is 4.02. The summed E-state index contributed by atoms with van der Waals surface area (Å²) in [4.78, 5) is 11.2. The Kier molecular flexibility index (Phi) is 2.70. The van der Waals surface area contributed by atoms with E-state index in [0.29, 0.717) is 16.5 Å². The van der Waals surface area contributed by atoms with Crippen molar-refractivity contribution in [3.05, 3.63) is 29.1 Å². The number of furan rings is 1. The van der Waals surface area contributed by atoms with E-state index in [1.165, 1.54) is 13.2 Å². The summed E-state index contributed by atoms with van der Waals surface area (Å²) in [6, 6.07) is 3.17. The molecule has 16 heavy (non-hydrogen) atoms. The number of hydrogen-bond donors (Lipinski definition) is 0. The summed E-state index contributed by atoms with van der Waals surface area (Å²) in [5.41, 5.74) is 0.695. The van der Waals surface area contributed by atoms with Crippen LogP contribution in [0.3, 0.4) is 0 Å². The molecule has 0 N–H and O–H groups in total. The number of carbonyl (C=O) groups excluding carboxylic acids is 1. The fourth-order valence-electron chi connectivity index (χ4n) is 1.34. The highest BCUT2D eigenvalue weighted by atomic mass is 35.5. The van der Waals surface area contributed by atoms with Crippen LogP contribution in [0.5, 0.6) is 0 Å². The van der Waals surface area contributed by atoms with Crippen molar-refractivity contribution in [2.75, 3.05) is 7.11 Å². The Balaban J connectivity index is 2.47. The predicted octanol–water partition coefficient (Wildman–Crippen LogP) is 2.12. The first-order chi connectivity index (χ1) is 7.63. The van der Waals surface area contributed by atoms with Crippen LogP contribution in [-0.4, -0.2) is 22.9 Å². The van der Waals surface area contributed by atoms with Crippen molar-refractivity contribution in [2.45, 2.75) is 0 Å². The fourth-order valence-corrected chi connectivity index (χ4v) is 1.58. The van der Waals surface area contributed by atoms with E-state index in [-0.39, 0.29) is 5.76 Å². The molecule has 0 unspecified atom stereocenters. The third kappa shape index (κ3) is 1.69. The summed E-state index contributed by atoms with van der Waals surface area (Å²) in [6.07, 6.45) is 1.62. The smallest absolute Gasteiger partial charge is 0.374 e. The van der Waals surface area contributed by atoms with E-state index in [4.69, 9.17) is 16.0 Å². The van der Waals surface area contributed by atoms with Gasteiger partial charge in [-0.15, -0.1) is 0 Å². The summed E-state index contributed by atoms with van der Waals surface area (Å²) in [6.45, 7) is 0. The summed E-state index contributed by atoms with van der Waals surface area (Å²) < 4.78 is 11.5. The SMILES string of the molecule is COC(=O)c1cc(Cl)c(-c2ccnn2C)o1. The number of esters is 1. The minimum Gasteiger partial charge on any atom is -0.463 e. The highest BCUT2D eigenvalue weighted by Crippen LogP contribution is 2.30. The van der Waals surface area contributed by atoms with E-state index >= 15 is 0 Å². The van der Waals surface area contributed by atoms with Gasteiger partial charge in [-0.1, -0.05) is 11.6 Å². The standard InChI is InChI=1S/C10H9ClN2O3/c1-13-7(3-4-12-13)9-6(11)5-8(16-9)10(14)15-2/h3-5H,1-2H3. The molecule has 0 bridgehead atoms. The molecule has 0 aliphatic rings. The molecule has 2 aromatic rings. The Labute approximate surface area is 96.6 Å². The lowest BCUT2D eigenvalue weighted by Crippen LogP contribution is -1.98. The maximum absolute atomic E-state index is 11.2. The number of aromatic nitrogens is 2. The summed E-state index contributed by atoms with van der Waals surface area (Å²) in [5.74, 6) is -0.0823. The van der Waals surface area contributed by atoms with Gasteiger partial charge in [0.2, 0.25) is 5.76 Å². The van der Waals surface area contributed by atoms with Crippen molar-refractivity contribution in [3.8, 4) is 11.5 Å².